The topological polar surface area (TPSA) is 49.4 Å². The van der Waals surface area contributed by atoms with E-state index in [4.69, 9.17) is 0 Å². The molecule has 1 N–H and O–H groups in total. The van der Waals surface area contributed by atoms with E-state index >= 15 is 0 Å². The fourth-order valence-corrected chi connectivity index (χ4v) is 2.50. The van der Waals surface area contributed by atoms with Gasteiger partial charge in [-0.1, -0.05) is 28.1 Å². The van der Waals surface area contributed by atoms with Gasteiger partial charge in [0, 0.05) is 35.7 Å². The zero-order valence-corrected chi connectivity index (χ0v) is 14.1. The van der Waals surface area contributed by atoms with Crippen LogP contribution < -0.4 is 10.2 Å². The molecule has 4 nitrogen and oxygen atoms in total. The Bertz CT molecular complexity index is 721. The predicted molar refractivity (Wildman–Crippen MR) is 91.8 cm³/mol. The van der Waals surface area contributed by atoms with Crippen molar-refractivity contribution >= 4 is 39.1 Å². The van der Waals surface area contributed by atoms with Crippen LogP contribution in [-0.2, 0) is 9.59 Å². The first kappa shape index (κ1) is 17.1. The van der Waals surface area contributed by atoms with Crippen LogP contribution in [0.1, 0.15) is 13.3 Å². The molecule has 2 aromatic rings. The van der Waals surface area contributed by atoms with Crippen LogP contribution in [0, 0.1) is 5.82 Å². The van der Waals surface area contributed by atoms with E-state index in [0.29, 0.717) is 11.4 Å². The molecule has 0 aliphatic carbocycles. The molecule has 0 atom stereocenters. The van der Waals surface area contributed by atoms with Gasteiger partial charge in [-0.05, 0) is 36.4 Å². The molecular weight excluding hydrogens is 363 g/mol. The fraction of sp³-hybridized carbons (Fsp3) is 0.176. The van der Waals surface area contributed by atoms with Crippen molar-refractivity contribution in [3.05, 3.63) is 58.8 Å². The molecular formula is C17H16BrFN2O2. The maximum absolute atomic E-state index is 13.1. The van der Waals surface area contributed by atoms with E-state index in [1.54, 1.807) is 12.1 Å². The molecule has 6 heteroatoms. The number of hydrogen-bond acceptors (Lipinski definition) is 2. The van der Waals surface area contributed by atoms with Gasteiger partial charge in [-0.25, -0.2) is 4.39 Å². The molecule has 23 heavy (non-hydrogen) atoms. The van der Waals surface area contributed by atoms with Gasteiger partial charge in [0.05, 0.1) is 0 Å². The zero-order chi connectivity index (χ0) is 16.8. The van der Waals surface area contributed by atoms with E-state index < -0.39 is 5.82 Å². The number of anilines is 2. The van der Waals surface area contributed by atoms with Crippen molar-refractivity contribution in [3.63, 3.8) is 0 Å². The van der Waals surface area contributed by atoms with Gasteiger partial charge in [-0.2, -0.15) is 0 Å². The van der Waals surface area contributed by atoms with Crippen molar-refractivity contribution in [1.82, 2.24) is 0 Å². The lowest BCUT2D eigenvalue weighted by Crippen LogP contribution is -2.31. The van der Waals surface area contributed by atoms with Crippen LogP contribution >= 0.6 is 15.9 Å². The highest BCUT2D eigenvalue weighted by Gasteiger charge is 2.14. The van der Waals surface area contributed by atoms with Crippen LogP contribution in [0.15, 0.2) is 53.0 Å². The fourth-order valence-electron chi connectivity index (χ4n) is 2.12. The molecule has 0 bridgehead atoms. The highest BCUT2D eigenvalue weighted by Crippen LogP contribution is 2.20. The van der Waals surface area contributed by atoms with Gasteiger partial charge in [0.25, 0.3) is 0 Å². The number of carbonyl (C=O) groups excluding carboxylic acids is 2. The van der Waals surface area contributed by atoms with Gasteiger partial charge in [0.1, 0.15) is 5.82 Å². The summed E-state index contributed by atoms with van der Waals surface area (Å²) in [5, 5.41) is 2.61. The molecule has 2 rings (SSSR count). The monoisotopic (exact) mass is 378 g/mol. The quantitative estimate of drug-likeness (QED) is 0.855. The summed E-state index contributed by atoms with van der Waals surface area (Å²) in [7, 11) is 0. The van der Waals surface area contributed by atoms with E-state index in [2.05, 4.69) is 21.2 Å². The van der Waals surface area contributed by atoms with E-state index in [1.165, 1.54) is 30.0 Å². The molecule has 0 aliphatic heterocycles. The molecule has 0 unspecified atom stereocenters. The molecule has 0 aliphatic rings. The summed E-state index contributed by atoms with van der Waals surface area (Å²) in [6.07, 6.45) is 0.114. The molecule has 120 valence electrons. The van der Waals surface area contributed by atoms with E-state index in [-0.39, 0.29) is 24.8 Å². The minimum absolute atomic E-state index is 0.114. The Morgan fingerprint density at radius 1 is 1.17 bits per heavy atom. The van der Waals surface area contributed by atoms with Gasteiger partial charge in [-0.15, -0.1) is 0 Å². The smallest absolute Gasteiger partial charge is 0.226 e. The Labute approximate surface area is 142 Å². The van der Waals surface area contributed by atoms with Gasteiger partial charge >= 0.3 is 0 Å². The van der Waals surface area contributed by atoms with Crippen LogP contribution in [0.25, 0.3) is 0 Å². The second-order valence-corrected chi connectivity index (χ2v) is 5.87. The van der Waals surface area contributed by atoms with Crippen molar-refractivity contribution in [2.75, 3.05) is 16.8 Å². The first-order valence-corrected chi connectivity index (χ1v) is 7.84. The highest BCUT2D eigenvalue weighted by molar-refractivity contribution is 9.10. The molecule has 0 fully saturated rings. The van der Waals surface area contributed by atoms with Gasteiger partial charge in [0.15, 0.2) is 0 Å². The summed E-state index contributed by atoms with van der Waals surface area (Å²) < 4.78 is 13.9. The number of halogens is 2. The molecule has 0 aromatic heterocycles. The standard InChI is InChI=1S/C17H16BrFN2O2/c1-12(22)21(16-7-2-4-13(18)10-16)9-8-17(23)20-15-6-3-5-14(19)11-15/h2-7,10-11H,8-9H2,1H3,(H,20,23). The van der Waals surface area contributed by atoms with Crippen LogP contribution in [0.4, 0.5) is 15.8 Å². The van der Waals surface area contributed by atoms with Crippen molar-refractivity contribution in [2.45, 2.75) is 13.3 Å². The summed E-state index contributed by atoms with van der Waals surface area (Å²) in [5.41, 5.74) is 1.11. The third-order valence-corrected chi connectivity index (χ3v) is 3.66. The van der Waals surface area contributed by atoms with Gasteiger partial charge in [-0.3, -0.25) is 9.59 Å². The van der Waals surface area contributed by atoms with Crippen LogP contribution in [0.3, 0.4) is 0 Å². The normalized spacial score (nSPS) is 10.2. The number of benzene rings is 2. The lowest BCUT2D eigenvalue weighted by molar-refractivity contribution is -0.117. The Kier molecular flexibility index (Phi) is 5.87. The maximum atomic E-state index is 13.1. The molecule has 0 spiro atoms. The second kappa shape index (κ2) is 7.87. The van der Waals surface area contributed by atoms with Crippen molar-refractivity contribution < 1.29 is 14.0 Å². The average Bonchev–Trinajstić information content (AvgIpc) is 2.47. The molecule has 2 aromatic carbocycles. The number of nitrogens with zero attached hydrogens (tertiary/aromatic N) is 1. The minimum Gasteiger partial charge on any atom is -0.326 e. The summed E-state index contributed by atoms with van der Waals surface area (Å²) in [6, 6.07) is 13.0. The number of hydrogen-bond donors (Lipinski definition) is 1. The van der Waals surface area contributed by atoms with Gasteiger partial charge < -0.3 is 10.2 Å². The van der Waals surface area contributed by atoms with Crippen LogP contribution in [0.2, 0.25) is 0 Å². The summed E-state index contributed by atoms with van der Waals surface area (Å²) >= 11 is 3.36. The number of nitrogens with one attached hydrogen (secondary N) is 1. The lowest BCUT2D eigenvalue weighted by atomic mass is 10.2. The number of rotatable bonds is 5. The highest BCUT2D eigenvalue weighted by atomic mass is 79.9. The van der Waals surface area contributed by atoms with Gasteiger partial charge in [0.2, 0.25) is 11.8 Å². The molecule has 2 amide bonds. The molecule has 0 heterocycles. The lowest BCUT2D eigenvalue weighted by Gasteiger charge is -2.21. The predicted octanol–water partition coefficient (Wildman–Crippen LogP) is 3.97. The molecule has 0 radical (unpaired) electrons. The SMILES string of the molecule is CC(=O)N(CCC(=O)Nc1cccc(F)c1)c1cccc(Br)c1. The Morgan fingerprint density at radius 2 is 1.91 bits per heavy atom. The minimum atomic E-state index is -0.415. The van der Waals surface area contributed by atoms with E-state index in [1.807, 2.05) is 18.2 Å². The summed E-state index contributed by atoms with van der Waals surface area (Å²) in [5.74, 6) is -0.846. The third-order valence-electron chi connectivity index (χ3n) is 3.17. The largest absolute Gasteiger partial charge is 0.326 e. The number of carbonyl (C=O) groups is 2. The summed E-state index contributed by atoms with van der Waals surface area (Å²) in [4.78, 5) is 25.3. The Balaban J connectivity index is 1.99. The maximum Gasteiger partial charge on any atom is 0.226 e. The van der Waals surface area contributed by atoms with E-state index in [9.17, 15) is 14.0 Å². The van der Waals surface area contributed by atoms with E-state index in [0.717, 1.165) is 4.47 Å². The van der Waals surface area contributed by atoms with Crippen LogP contribution in [0.5, 0.6) is 0 Å². The van der Waals surface area contributed by atoms with Crippen molar-refractivity contribution in [3.8, 4) is 0 Å². The zero-order valence-electron chi connectivity index (χ0n) is 12.6. The average molecular weight is 379 g/mol. The molecule has 0 saturated heterocycles. The first-order valence-electron chi connectivity index (χ1n) is 7.05. The summed E-state index contributed by atoms with van der Waals surface area (Å²) in [6.45, 7) is 1.69. The van der Waals surface area contributed by atoms with Crippen LogP contribution in [-0.4, -0.2) is 18.4 Å². The van der Waals surface area contributed by atoms with Crippen molar-refractivity contribution in [1.29, 1.82) is 0 Å². The number of amides is 2. The first-order chi connectivity index (χ1) is 11.0. The van der Waals surface area contributed by atoms with Crippen molar-refractivity contribution in [2.24, 2.45) is 0 Å². The second-order valence-electron chi connectivity index (χ2n) is 4.96. The Hall–Kier alpha value is -2.21. The Morgan fingerprint density at radius 3 is 2.57 bits per heavy atom. The third kappa shape index (κ3) is 5.17. The molecule has 0 saturated carbocycles.